The molecule has 0 aliphatic rings. The normalized spacial score (nSPS) is 14.2. The van der Waals surface area contributed by atoms with Gasteiger partial charge in [-0.05, 0) is 59.9 Å². The first kappa shape index (κ1) is 29.7. The van der Waals surface area contributed by atoms with Crippen molar-refractivity contribution in [3.05, 3.63) is 29.8 Å². The second-order valence-electron chi connectivity index (χ2n) is 12.6. The third-order valence-electron chi connectivity index (χ3n) is 6.97. The van der Waals surface area contributed by atoms with Gasteiger partial charge in [0.1, 0.15) is 5.75 Å². The smallest absolute Gasteiger partial charge is 0.409 e. The Kier molecular flexibility index (Phi) is 9.86. The number of carbonyl (C=O) groups excluding carboxylic acids is 1. The lowest BCUT2D eigenvalue weighted by atomic mass is 10.1. The van der Waals surface area contributed by atoms with Crippen molar-refractivity contribution in [1.29, 1.82) is 0 Å². The van der Waals surface area contributed by atoms with Crippen LogP contribution in [0.1, 0.15) is 67.1 Å². The monoisotopic (exact) mass is 495 g/mol. The topological polar surface area (TPSA) is 48.0 Å². The van der Waals surface area contributed by atoms with Crippen LogP contribution in [0.3, 0.4) is 0 Å². The van der Waals surface area contributed by atoms with Crippen LogP contribution in [0.5, 0.6) is 5.75 Å². The van der Waals surface area contributed by atoms with E-state index < -0.39 is 16.6 Å². The Morgan fingerprint density at radius 1 is 0.909 bits per heavy atom. The molecule has 0 spiro atoms. The van der Waals surface area contributed by atoms with Crippen molar-refractivity contribution in [3.8, 4) is 5.75 Å². The van der Waals surface area contributed by atoms with E-state index >= 15 is 0 Å². The molecule has 0 aromatic heterocycles. The fourth-order valence-corrected chi connectivity index (χ4v) is 4.92. The summed E-state index contributed by atoms with van der Waals surface area (Å²) >= 11 is 0. The molecule has 1 aromatic rings. The summed E-state index contributed by atoms with van der Waals surface area (Å²) in [7, 11) is -2.20. The number of ether oxygens (including phenoxy) is 1. The van der Waals surface area contributed by atoms with Crippen LogP contribution >= 0.6 is 0 Å². The molecule has 1 atom stereocenters. The molecule has 7 heteroatoms. The van der Waals surface area contributed by atoms with E-state index in [2.05, 4.69) is 79.9 Å². The summed E-state index contributed by atoms with van der Waals surface area (Å²) in [5.74, 6) is 1.19. The van der Waals surface area contributed by atoms with Crippen molar-refractivity contribution in [2.24, 2.45) is 5.92 Å². The Hall–Kier alpha value is -1.32. The Balaban J connectivity index is 3.14. The molecule has 1 aromatic carbocycles. The van der Waals surface area contributed by atoms with Crippen molar-refractivity contribution < 1.29 is 18.4 Å². The molecule has 5 nitrogen and oxygen atoms in total. The van der Waals surface area contributed by atoms with Gasteiger partial charge in [-0.15, -0.1) is 0 Å². The highest BCUT2D eigenvalue weighted by Crippen LogP contribution is 2.41. The van der Waals surface area contributed by atoms with Crippen molar-refractivity contribution in [1.82, 2.24) is 4.90 Å². The van der Waals surface area contributed by atoms with Crippen LogP contribution in [-0.2, 0) is 9.16 Å². The summed E-state index contributed by atoms with van der Waals surface area (Å²) in [6.07, 6.45) is -0.546. The lowest BCUT2D eigenvalue weighted by Gasteiger charge is -2.40. The van der Waals surface area contributed by atoms with Crippen LogP contribution in [0.25, 0.3) is 0 Å². The third kappa shape index (κ3) is 8.76. The maximum atomic E-state index is 12.5. The maximum absolute atomic E-state index is 12.5. The molecule has 33 heavy (non-hydrogen) atoms. The molecule has 190 valence electrons. The predicted molar refractivity (Wildman–Crippen MR) is 144 cm³/mol. The zero-order valence-electron chi connectivity index (χ0n) is 23.5. The highest BCUT2D eigenvalue weighted by molar-refractivity contribution is 6.75. The molecule has 0 radical (unpaired) electrons. The van der Waals surface area contributed by atoms with Gasteiger partial charge in [-0.2, -0.15) is 0 Å². The summed E-state index contributed by atoms with van der Waals surface area (Å²) < 4.78 is 18.7. The number of nitrogens with zero attached hydrogens (tertiary/aromatic N) is 1. The van der Waals surface area contributed by atoms with E-state index in [0.29, 0.717) is 19.1 Å². The average molecular weight is 496 g/mol. The van der Waals surface area contributed by atoms with E-state index in [1.165, 1.54) is 0 Å². The highest BCUT2D eigenvalue weighted by atomic mass is 28.4. The van der Waals surface area contributed by atoms with Crippen LogP contribution < -0.4 is 4.43 Å². The second kappa shape index (κ2) is 11.0. The van der Waals surface area contributed by atoms with E-state index in [1.54, 1.807) is 11.9 Å². The van der Waals surface area contributed by atoms with Gasteiger partial charge in [0.05, 0.1) is 19.3 Å². The minimum atomic E-state index is -2.07. The van der Waals surface area contributed by atoms with Crippen LogP contribution in [0.2, 0.25) is 36.3 Å². The van der Waals surface area contributed by atoms with Gasteiger partial charge >= 0.3 is 6.09 Å². The quantitative estimate of drug-likeness (QED) is 0.327. The molecule has 0 aliphatic carbocycles. The summed E-state index contributed by atoms with van der Waals surface area (Å²) in [5, 5.41) is 0.200. The Morgan fingerprint density at radius 2 is 1.39 bits per heavy atom. The number of benzene rings is 1. The predicted octanol–water partition coefficient (Wildman–Crippen LogP) is 7.86. The van der Waals surface area contributed by atoms with Crippen molar-refractivity contribution >= 4 is 22.7 Å². The van der Waals surface area contributed by atoms with Gasteiger partial charge in [0.25, 0.3) is 0 Å². The SMILES string of the molecule is CC(C)COC(=O)N(C)CC(O[Si](C)(C)C(C)(C)C)c1ccc(O[Si](C)(C)C(C)(C)C)cc1. The summed E-state index contributed by atoms with van der Waals surface area (Å²) in [4.78, 5) is 14.2. The van der Waals surface area contributed by atoms with Gasteiger partial charge in [-0.1, -0.05) is 67.5 Å². The molecule has 0 aliphatic heterocycles. The van der Waals surface area contributed by atoms with Crippen LogP contribution in [0.15, 0.2) is 24.3 Å². The van der Waals surface area contributed by atoms with E-state index in [0.717, 1.165) is 11.3 Å². The lowest BCUT2D eigenvalue weighted by Crippen LogP contribution is -2.44. The minimum absolute atomic E-state index is 0.0629. The number of amides is 1. The van der Waals surface area contributed by atoms with Gasteiger partial charge in [-0.25, -0.2) is 4.79 Å². The largest absolute Gasteiger partial charge is 0.544 e. The maximum Gasteiger partial charge on any atom is 0.409 e. The van der Waals surface area contributed by atoms with E-state index in [-0.39, 0.29) is 22.3 Å². The first-order chi connectivity index (χ1) is 14.8. The van der Waals surface area contributed by atoms with Gasteiger partial charge in [0, 0.05) is 7.05 Å². The molecule has 0 N–H and O–H groups in total. The van der Waals surface area contributed by atoms with E-state index in [1.807, 2.05) is 26.0 Å². The lowest BCUT2D eigenvalue weighted by molar-refractivity contribution is 0.0788. The number of rotatable bonds is 9. The van der Waals surface area contributed by atoms with E-state index in [9.17, 15) is 4.79 Å². The molecule has 1 amide bonds. The number of likely N-dealkylation sites (N-methyl/N-ethyl adjacent to an activating group) is 1. The molecule has 0 fully saturated rings. The fraction of sp³-hybridized carbons (Fsp3) is 0.731. The van der Waals surface area contributed by atoms with Gasteiger partial charge in [0.15, 0.2) is 8.32 Å². The number of hydrogen-bond acceptors (Lipinski definition) is 4. The standard InChI is InChI=1S/C26H49NO4Si2/c1-20(2)19-29-24(28)27(9)18-23(31-33(12,13)26(6,7)8)21-14-16-22(17-15-21)30-32(10,11)25(3,4)5/h14-17,20,23H,18-19H2,1-13H3. The highest BCUT2D eigenvalue weighted by Gasteiger charge is 2.41. The zero-order valence-corrected chi connectivity index (χ0v) is 25.5. The first-order valence-corrected chi connectivity index (χ1v) is 17.9. The molecule has 0 saturated heterocycles. The van der Waals surface area contributed by atoms with Gasteiger partial charge in [-0.3, -0.25) is 0 Å². The average Bonchev–Trinajstić information content (AvgIpc) is 2.63. The van der Waals surface area contributed by atoms with Crippen LogP contribution in [-0.4, -0.2) is 47.8 Å². The van der Waals surface area contributed by atoms with Crippen molar-refractivity contribution in [2.45, 2.75) is 97.8 Å². The molecule has 0 saturated carbocycles. The van der Waals surface area contributed by atoms with Gasteiger partial charge < -0.3 is 18.5 Å². The summed E-state index contributed by atoms with van der Waals surface area (Å²) in [5.41, 5.74) is 1.05. The molecule has 1 rings (SSSR count). The zero-order chi connectivity index (χ0) is 25.8. The minimum Gasteiger partial charge on any atom is -0.544 e. The third-order valence-corrected chi connectivity index (χ3v) is 15.8. The fourth-order valence-electron chi connectivity index (χ4n) is 2.61. The van der Waals surface area contributed by atoms with Gasteiger partial charge in [0.2, 0.25) is 8.32 Å². The molecular formula is C26H49NO4Si2. The Labute approximate surface area is 205 Å². The summed E-state index contributed by atoms with van der Waals surface area (Å²) in [6, 6.07) is 8.23. The Bertz CT molecular complexity index is 762. The second-order valence-corrected chi connectivity index (χ2v) is 22.1. The number of hydrogen-bond donors (Lipinski definition) is 0. The Morgan fingerprint density at radius 3 is 1.82 bits per heavy atom. The van der Waals surface area contributed by atoms with Crippen molar-refractivity contribution in [2.75, 3.05) is 20.2 Å². The number of carbonyl (C=O) groups is 1. The van der Waals surface area contributed by atoms with Crippen LogP contribution in [0, 0.1) is 5.92 Å². The first-order valence-electron chi connectivity index (χ1n) is 12.1. The molecule has 1 unspecified atom stereocenters. The van der Waals surface area contributed by atoms with E-state index in [4.69, 9.17) is 13.6 Å². The van der Waals surface area contributed by atoms with Crippen LogP contribution in [0.4, 0.5) is 4.79 Å². The summed E-state index contributed by atoms with van der Waals surface area (Å²) in [6.45, 7) is 27.3. The molecule has 0 heterocycles. The molecule has 0 bridgehead atoms. The van der Waals surface area contributed by atoms with Crippen molar-refractivity contribution in [3.63, 3.8) is 0 Å². The molecular weight excluding hydrogens is 446 g/mol.